The molecule has 26 heavy (non-hydrogen) atoms. The van der Waals surface area contributed by atoms with Crippen LogP contribution in [0, 0.1) is 0 Å². The fourth-order valence-electron chi connectivity index (χ4n) is 3.86. The molecule has 4 rings (SSSR count). The summed E-state index contributed by atoms with van der Waals surface area (Å²) in [5.41, 5.74) is 20.7. The topological polar surface area (TPSA) is 73.1 Å². The van der Waals surface area contributed by atoms with Gasteiger partial charge in [0.25, 0.3) is 0 Å². The van der Waals surface area contributed by atoms with Gasteiger partial charge in [0.1, 0.15) is 5.82 Å². The molecule has 0 saturated carbocycles. The van der Waals surface area contributed by atoms with Crippen LogP contribution in [-0.4, -0.2) is 27.8 Å². The molecule has 0 aliphatic carbocycles. The van der Waals surface area contributed by atoms with Crippen molar-refractivity contribution in [2.75, 3.05) is 24.6 Å². The maximum atomic E-state index is 6.66. The third-order valence-electron chi connectivity index (χ3n) is 5.46. The van der Waals surface area contributed by atoms with Crippen molar-refractivity contribution in [2.45, 2.75) is 19.9 Å². The van der Waals surface area contributed by atoms with Crippen LogP contribution in [0.4, 0.5) is 11.5 Å². The van der Waals surface area contributed by atoms with E-state index in [2.05, 4.69) is 47.3 Å². The van der Waals surface area contributed by atoms with Crippen LogP contribution < -0.4 is 11.5 Å². The van der Waals surface area contributed by atoms with Crippen molar-refractivity contribution < 1.29 is 0 Å². The van der Waals surface area contributed by atoms with E-state index in [-0.39, 0.29) is 0 Å². The number of aryl methyl sites for hydroxylation is 1. The second kappa shape index (κ2) is 6.50. The van der Waals surface area contributed by atoms with Crippen molar-refractivity contribution in [2.24, 2.45) is 7.05 Å². The average Bonchev–Trinajstić information content (AvgIpc) is 3.01. The molecule has 5 nitrogen and oxygen atoms in total. The molecule has 0 atom stereocenters. The Morgan fingerprint density at radius 1 is 1.04 bits per heavy atom. The van der Waals surface area contributed by atoms with Gasteiger partial charge < -0.3 is 11.5 Å². The molecule has 0 unspecified atom stereocenters. The van der Waals surface area contributed by atoms with Crippen molar-refractivity contribution >= 4 is 11.5 Å². The van der Waals surface area contributed by atoms with E-state index >= 15 is 0 Å². The summed E-state index contributed by atoms with van der Waals surface area (Å²) < 4.78 is 1.69. The third kappa shape index (κ3) is 2.65. The van der Waals surface area contributed by atoms with Crippen LogP contribution in [-0.2, 0) is 20.0 Å². The summed E-state index contributed by atoms with van der Waals surface area (Å²) in [6, 6.07) is 12.7. The molecule has 2 heterocycles. The molecule has 134 valence electrons. The number of hydrogen-bond acceptors (Lipinski definition) is 4. The third-order valence-corrected chi connectivity index (χ3v) is 5.46. The van der Waals surface area contributed by atoms with Crippen molar-refractivity contribution in [1.82, 2.24) is 14.7 Å². The minimum Gasteiger partial charge on any atom is -0.398 e. The van der Waals surface area contributed by atoms with Gasteiger partial charge in [-0.05, 0) is 41.3 Å². The number of fused-ring (bicyclic) bond motifs is 1. The highest BCUT2D eigenvalue weighted by molar-refractivity contribution is 5.90. The summed E-state index contributed by atoms with van der Waals surface area (Å²) in [7, 11) is 1.85. The smallest absolute Gasteiger partial charge is 0.129 e. The Hall–Kier alpha value is -2.79. The summed E-state index contributed by atoms with van der Waals surface area (Å²) in [5, 5.41) is 4.30. The van der Waals surface area contributed by atoms with E-state index in [1.807, 2.05) is 19.3 Å². The second-order valence-corrected chi connectivity index (χ2v) is 6.89. The Kier molecular flexibility index (Phi) is 4.17. The van der Waals surface area contributed by atoms with E-state index in [1.165, 1.54) is 22.3 Å². The number of aromatic nitrogens is 2. The first-order valence-electron chi connectivity index (χ1n) is 9.10. The number of nitrogens with two attached hydrogens (primary N) is 2. The Morgan fingerprint density at radius 2 is 1.81 bits per heavy atom. The van der Waals surface area contributed by atoms with E-state index in [0.717, 1.165) is 42.9 Å². The fraction of sp³-hybridized carbons (Fsp3) is 0.286. The number of benzene rings is 2. The number of rotatable bonds is 3. The van der Waals surface area contributed by atoms with Gasteiger partial charge in [0.15, 0.2) is 0 Å². The maximum absolute atomic E-state index is 6.66. The normalized spacial score (nSPS) is 14.4. The SMILES string of the molecule is CCN1CCc2c(-c3ccccc3)cc(-c3cnn(C)c3N)c(N)c2C1. The molecule has 0 fully saturated rings. The van der Waals surface area contributed by atoms with Gasteiger partial charge in [0, 0.05) is 37.0 Å². The lowest BCUT2D eigenvalue weighted by Crippen LogP contribution is -2.31. The van der Waals surface area contributed by atoms with Crippen molar-refractivity contribution in [3.05, 3.63) is 53.7 Å². The summed E-state index contributed by atoms with van der Waals surface area (Å²) in [4.78, 5) is 2.43. The van der Waals surface area contributed by atoms with Crippen molar-refractivity contribution in [3.8, 4) is 22.3 Å². The molecule has 0 bridgehead atoms. The number of likely N-dealkylation sites (N-methyl/N-ethyl adjacent to an activating group) is 1. The molecule has 3 aromatic rings. The fourth-order valence-corrected chi connectivity index (χ4v) is 3.86. The van der Waals surface area contributed by atoms with E-state index in [0.29, 0.717) is 5.82 Å². The molecule has 2 aromatic carbocycles. The standard InChI is InChI=1S/C21H25N5/c1-3-26-10-9-15-16(14-7-5-4-6-8-14)11-17(20(22)19(15)13-26)18-12-24-25(2)21(18)23/h4-8,11-12H,3,9-10,13,22-23H2,1-2H3. The average molecular weight is 347 g/mol. The second-order valence-electron chi connectivity index (χ2n) is 6.89. The van der Waals surface area contributed by atoms with E-state index in [9.17, 15) is 0 Å². The summed E-state index contributed by atoms with van der Waals surface area (Å²) in [5.74, 6) is 0.638. The van der Waals surface area contributed by atoms with E-state index < -0.39 is 0 Å². The lowest BCUT2D eigenvalue weighted by atomic mass is 9.86. The first-order valence-corrected chi connectivity index (χ1v) is 9.10. The molecule has 5 heteroatoms. The van der Waals surface area contributed by atoms with Crippen LogP contribution in [0.25, 0.3) is 22.3 Å². The van der Waals surface area contributed by atoms with Gasteiger partial charge in [0.2, 0.25) is 0 Å². The molecule has 0 spiro atoms. The minimum atomic E-state index is 0.638. The van der Waals surface area contributed by atoms with E-state index in [4.69, 9.17) is 11.5 Å². The van der Waals surface area contributed by atoms with Gasteiger partial charge in [0.05, 0.1) is 6.20 Å². The molecule has 1 aliphatic rings. The molecular formula is C21H25N5. The monoisotopic (exact) mass is 347 g/mol. The number of nitrogens with zero attached hydrogens (tertiary/aromatic N) is 3. The van der Waals surface area contributed by atoms with Crippen LogP contribution in [0.5, 0.6) is 0 Å². The molecular weight excluding hydrogens is 322 g/mol. The van der Waals surface area contributed by atoms with Gasteiger partial charge in [-0.1, -0.05) is 37.3 Å². The number of nitrogen functional groups attached to an aromatic ring is 2. The quantitative estimate of drug-likeness (QED) is 0.713. The Bertz CT molecular complexity index is 943. The zero-order chi connectivity index (χ0) is 18.3. The van der Waals surface area contributed by atoms with Gasteiger partial charge in [-0.25, -0.2) is 0 Å². The molecule has 1 aromatic heterocycles. The largest absolute Gasteiger partial charge is 0.398 e. The molecule has 1 aliphatic heterocycles. The first-order chi connectivity index (χ1) is 12.6. The van der Waals surface area contributed by atoms with Crippen LogP contribution in [0.1, 0.15) is 18.1 Å². The Morgan fingerprint density at radius 3 is 2.46 bits per heavy atom. The zero-order valence-electron chi connectivity index (χ0n) is 15.4. The lowest BCUT2D eigenvalue weighted by Gasteiger charge is -2.31. The summed E-state index contributed by atoms with van der Waals surface area (Å²) in [6.45, 7) is 5.17. The van der Waals surface area contributed by atoms with Gasteiger partial charge in [-0.3, -0.25) is 9.58 Å². The Labute approximate surface area is 154 Å². The van der Waals surface area contributed by atoms with Gasteiger partial charge in [-0.2, -0.15) is 5.10 Å². The predicted molar refractivity (Wildman–Crippen MR) is 108 cm³/mol. The van der Waals surface area contributed by atoms with Crippen LogP contribution in [0.3, 0.4) is 0 Å². The number of anilines is 2. The van der Waals surface area contributed by atoms with Crippen molar-refractivity contribution in [1.29, 1.82) is 0 Å². The lowest BCUT2D eigenvalue weighted by molar-refractivity contribution is 0.269. The Balaban J connectivity index is 1.97. The van der Waals surface area contributed by atoms with E-state index in [1.54, 1.807) is 4.68 Å². The van der Waals surface area contributed by atoms with Gasteiger partial charge >= 0.3 is 0 Å². The van der Waals surface area contributed by atoms with Gasteiger partial charge in [-0.15, -0.1) is 0 Å². The number of hydrogen-bond donors (Lipinski definition) is 2. The van der Waals surface area contributed by atoms with Crippen LogP contribution >= 0.6 is 0 Å². The first kappa shape index (κ1) is 16.7. The van der Waals surface area contributed by atoms with Crippen LogP contribution in [0.2, 0.25) is 0 Å². The van der Waals surface area contributed by atoms with Crippen LogP contribution in [0.15, 0.2) is 42.6 Å². The zero-order valence-corrected chi connectivity index (χ0v) is 15.4. The maximum Gasteiger partial charge on any atom is 0.129 e. The molecule has 4 N–H and O–H groups in total. The highest BCUT2D eigenvalue weighted by atomic mass is 15.3. The highest BCUT2D eigenvalue weighted by Crippen LogP contribution is 2.41. The molecule has 0 radical (unpaired) electrons. The predicted octanol–water partition coefficient (Wildman–Crippen LogP) is 3.30. The molecule has 0 saturated heterocycles. The van der Waals surface area contributed by atoms with Crippen molar-refractivity contribution in [3.63, 3.8) is 0 Å². The minimum absolute atomic E-state index is 0.638. The molecule has 0 amide bonds. The highest BCUT2D eigenvalue weighted by Gasteiger charge is 2.24. The summed E-state index contributed by atoms with van der Waals surface area (Å²) in [6.07, 6.45) is 2.82. The summed E-state index contributed by atoms with van der Waals surface area (Å²) >= 11 is 0.